The summed E-state index contributed by atoms with van der Waals surface area (Å²) in [4.78, 5) is 48.0. The Morgan fingerprint density at radius 1 is 0.679 bits per heavy atom. The average Bonchev–Trinajstić information content (AvgIpc) is 2.62. The van der Waals surface area contributed by atoms with Crippen LogP contribution in [-0.4, -0.2) is 61.6 Å². The fraction of sp³-hybridized carbons (Fsp3) is 0.500. The molecule has 0 N–H and O–H groups in total. The lowest BCUT2D eigenvalue weighted by atomic mass is 10.2. The molecular weight excluding hydrogens is 366 g/mol. The molecule has 156 valence electrons. The van der Waals surface area contributed by atoms with Gasteiger partial charge in [-0.1, -0.05) is 19.7 Å². The lowest BCUT2D eigenvalue weighted by Crippen LogP contribution is -2.37. The van der Waals surface area contributed by atoms with Gasteiger partial charge in [0.25, 0.3) is 0 Å². The van der Waals surface area contributed by atoms with Crippen LogP contribution in [0.2, 0.25) is 0 Å². The van der Waals surface area contributed by atoms with Gasteiger partial charge in [-0.05, 0) is 27.2 Å². The van der Waals surface area contributed by atoms with Crippen molar-refractivity contribution < 1.29 is 33.4 Å². The second kappa shape index (κ2) is 13.3. The second-order valence-electron chi connectivity index (χ2n) is 6.23. The molecule has 1 amide bonds. The van der Waals surface area contributed by atoms with Crippen LogP contribution in [0.1, 0.15) is 33.6 Å². The van der Waals surface area contributed by atoms with Crippen molar-refractivity contribution in [2.75, 3.05) is 32.9 Å². The van der Waals surface area contributed by atoms with E-state index < -0.39 is 17.9 Å². The van der Waals surface area contributed by atoms with Crippen LogP contribution < -0.4 is 0 Å². The summed E-state index contributed by atoms with van der Waals surface area (Å²) in [6.07, 6.45) is 0.442. The Kier molecular flexibility index (Phi) is 11.9. The van der Waals surface area contributed by atoms with E-state index in [-0.39, 0.29) is 62.0 Å². The molecular formula is C20H29NO7. The minimum atomic E-state index is -0.548. The molecule has 0 radical (unpaired) electrons. The zero-order chi connectivity index (χ0) is 21.7. The van der Waals surface area contributed by atoms with Crippen LogP contribution in [0, 0.1) is 0 Å². The Hall–Kier alpha value is -2.90. The molecule has 0 unspecified atom stereocenters. The number of hydrogen-bond acceptors (Lipinski definition) is 7. The van der Waals surface area contributed by atoms with Crippen molar-refractivity contribution in [1.29, 1.82) is 0 Å². The lowest BCUT2D eigenvalue weighted by Gasteiger charge is -2.22. The van der Waals surface area contributed by atoms with Crippen molar-refractivity contribution in [2.24, 2.45) is 0 Å². The number of esters is 3. The van der Waals surface area contributed by atoms with Crippen LogP contribution in [0.25, 0.3) is 0 Å². The summed E-state index contributed by atoms with van der Waals surface area (Å²) in [5.74, 6) is -1.85. The van der Waals surface area contributed by atoms with Crippen LogP contribution >= 0.6 is 0 Å². The first-order valence-electron chi connectivity index (χ1n) is 8.82. The van der Waals surface area contributed by atoms with Crippen molar-refractivity contribution in [3.63, 3.8) is 0 Å². The smallest absolute Gasteiger partial charge is 0.333 e. The molecule has 8 heteroatoms. The summed E-state index contributed by atoms with van der Waals surface area (Å²) in [6.45, 7) is 15.3. The first-order chi connectivity index (χ1) is 13.1. The molecule has 0 saturated heterocycles. The zero-order valence-corrected chi connectivity index (χ0v) is 16.9. The Bertz CT molecular complexity index is 604. The minimum Gasteiger partial charge on any atom is -0.462 e. The van der Waals surface area contributed by atoms with Crippen molar-refractivity contribution >= 4 is 23.8 Å². The van der Waals surface area contributed by atoms with Gasteiger partial charge >= 0.3 is 17.9 Å². The third kappa shape index (κ3) is 10.9. The van der Waals surface area contributed by atoms with E-state index in [1.807, 2.05) is 0 Å². The van der Waals surface area contributed by atoms with Gasteiger partial charge in [-0.25, -0.2) is 14.4 Å². The van der Waals surface area contributed by atoms with E-state index >= 15 is 0 Å². The van der Waals surface area contributed by atoms with Gasteiger partial charge < -0.3 is 19.1 Å². The average molecular weight is 395 g/mol. The third-order valence-electron chi connectivity index (χ3n) is 3.35. The van der Waals surface area contributed by atoms with E-state index in [9.17, 15) is 19.2 Å². The van der Waals surface area contributed by atoms with Crippen LogP contribution in [-0.2, 0) is 33.4 Å². The number of nitrogens with zero attached hydrogens (tertiary/aromatic N) is 1. The zero-order valence-electron chi connectivity index (χ0n) is 16.9. The topological polar surface area (TPSA) is 99.2 Å². The first kappa shape index (κ1) is 25.1. The Morgan fingerprint density at radius 2 is 1.04 bits per heavy atom. The van der Waals surface area contributed by atoms with Crippen molar-refractivity contribution in [3.05, 3.63) is 36.5 Å². The maximum absolute atomic E-state index is 12.4. The highest BCUT2D eigenvalue weighted by atomic mass is 16.5. The van der Waals surface area contributed by atoms with Gasteiger partial charge in [0.05, 0.1) is 19.7 Å². The molecule has 0 aliphatic rings. The highest BCUT2D eigenvalue weighted by molar-refractivity contribution is 5.87. The molecule has 0 aromatic heterocycles. The molecule has 0 rings (SSSR count). The Balaban J connectivity index is 4.55. The van der Waals surface area contributed by atoms with Gasteiger partial charge in [0.15, 0.2) is 0 Å². The van der Waals surface area contributed by atoms with Gasteiger partial charge in [-0.2, -0.15) is 0 Å². The first-order valence-corrected chi connectivity index (χ1v) is 8.82. The fourth-order valence-electron chi connectivity index (χ4n) is 1.77. The van der Waals surface area contributed by atoms with Gasteiger partial charge in [0.1, 0.15) is 13.2 Å². The van der Waals surface area contributed by atoms with E-state index in [1.165, 1.54) is 25.7 Å². The van der Waals surface area contributed by atoms with Crippen LogP contribution in [0.3, 0.4) is 0 Å². The highest BCUT2D eigenvalue weighted by Gasteiger charge is 2.16. The maximum Gasteiger partial charge on any atom is 0.333 e. The predicted octanol–water partition coefficient (Wildman–Crippen LogP) is 1.95. The van der Waals surface area contributed by atoms with Gasteiger partial charge in [-0.3, -0.25) is 4.79 Å². The third-order valence-corrected chi connectivity index (χ3v) is 3.35. The molecule has 0 saturated carbocycles. The molecule has 0 heterocycles. The number of rotatable bonds is 13. The number of amides is 1. The van der Waals surface area contributed by atoms with Crippen LogP contribution in [0.5, 0.6) is 0 Å². The number of carbonyl (C=O) groups is 4. The van der Waals surface area contributed by atoms with Gasteiger partial charge in [-0.15, -0.1) is 0 Å². The Labute approximate surface area is 165 Å². The summed E-state index contributed by atoms with van der Waals surface area (Å²) in [5, 5.41) is 0. The summed E-state index contributed by atoms with van der Waals surface area (Å²) >= 11 is 0. The van der Waals surface area contributed by atoms with E-state index in [0.29, 0.717) is 6.42 Å². The number of hydrogen-bond donors (Lipinski definition) is 0. The molecule has 0 spiro atoms. The molecule has 0 aliphatic heterocycles. The molecule has 0 bridgehead atoms. The molecule has 0 aromatic rings. The van der Waals surface area contributed by atoms with E-state index in [0.717, 1.165) is 0 Å². The van der Waals surface area contributed by atoms with Gasteiger partial charge in [0, 0.05) is 23.1 Å². The predicted molar refractivity (Wildman–Crippen MR) is 103 cm³/mol. The maximum atomic E-state index is 12.4. The lowest BCUT2D eigenvalue weighted by molar-refractivity contribution is -0.144. The second-order valence-corrected chi connectivity index (χ2v) is 6.23. The van der Waals surface area contributed by atoms with Gasteiger partial charge in [0.2, 0.25) is 5.91 Å². The van der Waals surface area contributed by atoms with Crippen LogP contribution in [0.4, 0.5) is 0 Å². The quantitative estimate of drug-likeness (QED) is 0.203. The molecule has 0 fully saturated rings. The van der Waals surface area contributed by atoms with Crippen molar-refractivity contribution in [1.82, 2.24) is 4.90 Å². The molecule has 0 atom stereocenters. The summed E-state index contributed by atoms with van der Waals surface area (Å²) < 4.78 is 14.9. The normalized spacial score (nSPS) is 9.82. The summed E-state index contributed by atoms with van der Waals surface area (Å²) in [5.41, 5.74) is 0.798. The molecule has 28 heavy (non-hydrogen) atoms. The summed E-state index contributed by atoms with van der Waals surface area (Å²) in [6, 6.07) is 0. The van der Waals surface area contributed by atoms with Crippen LogP contribution in [0.15, 0.2) is 36.5 Å². The van der Waals surface area contributed by atoms with Crippen molar-refractivity contribution in [2.45, 2.75) is 33.6 Å². The minimum absolute atomic E-state index is 0.0174. The monoisotopic (exact) mass is 395 g/mol. The largest absolute Gasteiger partial charge is 0.462 e. The van der Waals surface area contributed by atoms with Crippen molar-refractivity contribution in [3.8, 4) is 0 Å². The van der Waals surface area contributed by atoms with E-state index in [4.69, 9.17) is 14.2 Å². The van der Waals surface area contributed by atoms with E-state index in [1.54, 1.807) is 0 Å². The highest BCUT2D eigenvalue weighted by Crippen LogP contribution is 2.03. The molecule has 0 aliphatic carbocycles. The molecule has 8 nitrogen and oxygen atoms in total. The standard InChI is InChI=1S/C20H29NO7/c1-14(2)18(23)26-11-7-8-17(22)21(9-12-27-19(24)15(3)4)10-13-28-20(25)16(5)6/h1,3,5,7-13H2,2,4,6H3. The fourth-order valence-corrected chi connectivity index (χ4v) is 1.77. The van der Waals surface area contributed by atoms with E-state index in [2.05, 4.69) is 19.7 Å². The summed E-state index contributed by atoms with van der Waals surface area (Å²) in [7, 11) is 0. The Morgan fingerprint density at radius 3 is 1.39 bits per heavy atom. The number of carbonyl (C=O) groups excluding carboxylic acids is 4. The molecule has 0 aromatic carbocycles. The SMILES string of the molecule is C=C(C)C(=O)OCCCC(=O)N(CCOC(=O)C(=C)C)CCOC(=O)C(=C)C. The number of ether oxygens (including phenoxy) is 3.